The van der Waals surface area contributed by atoms with Crippen molar-refractivity contribution in [3.63, 3.8) is 0 Å². The van der Waals surface area contributed by atoms with Crippen LogP contribution >= 0.6 is 0 Å². The van der Waals surface area contributed by atoms with E-state index in [2.05, 4.69) is 27.0 Å². The summed E-state index contributed by atoms with van der Waals surface area (Å²) in [5.74, 6) is 1.01. The lowest BCUT2D eigenvalue weighted by Gasteiger charge is -2.33. The lowest BCUT2D eigenvalue weighted by molar-refractivity contribution is 0.312. The molecule has 0 bridgehead atoms. The van der Waals surface area contributed by atoms with Gasteiger partial charge in [0.15, 0.2) is 0 Å². The fraction of sp³-hybridized carbons (Fsp3) is 0.500. The Hall–Kier alpha value is -1.62. The summed E-state index contributed by atoms with van der Waals surface area (Å²) in [6.45, 7) is 6.09. The van der Waals surface area contributed by atoms with E-state index in [1.54, 1.807) is 0 Å². The van der Waals surface area contributed by atoms with Crippen molar-refractivity contribution >= 4 is 12.0 Å². The first kappa shape index (κ1) is 11.9. The van der Waals surface area contributed by atoms with Gasteiger partial charge in [-0.15, -0.1) is 0 Å². The number of piperazine rings is 1. The Bertz CT molecular complexity index is 411. The molecule has 0 radical (unpaired) electrons. The zero-order chi connectivity index (χ0) is 12.3. The van der Waals surface area contributed by atoms with Gasteiger partial charge in [0.25, 0.3) is 0 Å². The third-order valence-electron chi connectivity index (χ3n) is 3.14. The van der Waals surface area contributed by atoms with Crippen LogP contribution in [0.3, 0.4) is 0 Å². The molecule has 2 rings (SSSR count). The maximum atomic E-state index is 8.52. The molecule has 17 heavy (non-hydrogen) atoms. The number of likely N-dealkylation sites (N-methyl/N-ethyl adjacent to an activating group) is 1. The second kappa shape index (κ2) is 5.14. The number of aromatic nitrogens is 1. The molecule has 0 aliphatic carbocycles. The van der Waals surface area contributed by atoms with Gasteiger partial charge in [-0.2, -0.15) is 0 Å². The van der Waals surface area contributed by atoms with Crippen LogP contribution in [0.4, 0.5) is 5.82 Å². The molecule has 92 valence electrons. The molecular weight excluding hydrogens is 216 g/mol. The first-order chi connectivity index (χ1) is 8.20. The van der Waals surface area contributed by atoms with Crippen molar-refractivity contribution in [2.24, 2.45) is 5.16 Å². The molecule has 0 amide bonds. The molecule has 0 aromatic carbocycles. The number of hydrogen-bond acceptors (Lipinski definition) is 5. The molecule has 1 aliphatic rings. The summed E-state index contributed by atoms with van der Waals surface area (Å²) >= 11 is 0. The van der Waals surface area contributed by atoms with Gasteiger partial charge < -0.3 is 15.0 Å². The third-order valence-corrected chi connectivity index (χ3v) is 3.14. The maximum Gasteiger partial charge on any atom is 0.128 e. The van der Waals surface area contributed by atoms with Gasteiger partial charge in [-0.1, -0.05) is 5.16 Å². The van der Waals surface area contributed by atoms with Crippen LogP contribution in [0.5, 0.6) is 0 Å². The summed E-state index contributed by atoms with van der Waals surface area (Å²) < 4.78 is 0. The zero-order valence-corrected chi connectivity index (χ0v) is 10.3. The summed E-state index contributed by atoms with van der Waals surface area (Å²) in [7, 11) is 2.14. The Morgan fingerprint density at radius 2 is 2.00 bits per heavy atom. The summed E-state index contributed by atoms with van der Waals surface area (Å²) in [5.41, 5.74) is 1.74. The van der Waals surface area contributed by atoms with E-state index in [0.717, 1.165) is 43.3 Å². The van der Waals surface area contributed by atoms with E-state index < -0.39 is 0 Å². The van der Waals surface area contributed by atoms with Crippen LogP contribution in [0.25, 0.3) is 0 Å². The Morgan fingerprint density at radius 3 is 2.59 bits per heavy atom. The second-order valence-corrected chi connectivity index (χ2v) is 4.38. The zero-order valence-electron chi connectivity index (χ0n) is 10.3. The van der Waals surface area contributed by atoms with Crippen LogP contribution in [-0.4, -0.2) is 54.5 Å². The molecule has 2 heterocycles. The Kier molecular flexibility index (Phi) is 3.58. The summed E-state index contributed by atoms with van der Waals surface area (Å²) in [5, 5.41) is 11.6. The molecular formula is C12H18N4O. The molecule has 0 saturated carbocycles. The van der Waals surface area contributed by atoms with Crippen LogP contribution in [-0.2, 0) is 0 Å². The predicted octanol–water partition coefficient (Wildman–Crippen LogP) is 0.950. The van der Waals surface area contributed by atoms with Gasteiger partial charge in [0.2, 0.25) is 0 Å². The van der Waals surface area contributed by atoms with Crippen LogP contribution < -0.4 is 4.90 Å². The summed E-state index contributed by atoms with van der Waals surface area (Å²) in [4.78, 5) is 9.15. The van der Waals surface area contributed by atoms with Gasteiger partial charge in [-0.05, 0) is 26.1 Å². The van der Waals surface area contributed by atoms with Crippen LogP contribution in [0.1, 0.15) is 11.3 Å². The number of hydrogen-bond donors (Lipinski definition) is 1. The Balaban J connectivity index is 2.14. The van der Waals surface area contributed by atoms with E-state index in [0.29, 0.717) is 0 Å². The standard InChI is InChI=1S/C12H18N4O/c1-10-11(9-13-17)3-4-12(14-10)16-7-5-15(2)6-8-16/h3-4,9,17H,5-8H2,1-2H3/b13-9-. The highest BCUT2D eigenvalue weighted by molar-refractivity contribution is 5.80. The number of aryl methyl sites for hydroxylation is 1. The molecule has 0 unspecified atom stereocenters. The fourth-order valence-electron chi connectivity index (χ4n) is 1.97. The average molecular weight is 234 g/mol. The molecule has 1 aromatic rings. The van der Waals surface area contributed by atoms with Gasteiger partial charge in [0, 0.05) is 37.4 Å². The first-order valence-corrected chi connectivity index (χ1v) is 5.79. The highest BCUT2D eigenvalue weighted by atomic mass is 16.4. The highest BCUT2D eigenvalue weighted by Crippen LogP contribution is 2.15. The normalized spacial score (nSPS) is 17.9. The minimum absolute atomic E-state index is 0.852. The van der Waals surface area contributed by atoms with Gasteiger partial charge >= 0.3 is 0 Å². The lowest BCUT2D eigenvalue weighted by Crippen LogP contribution is -2.44. The van der Waals surface area contributed by atoms with Gasteiger partial charge in [-0.3, -0.25) is 0 Å². The largest absolute Gasteiger partial charge is 0.411 e. The van der Waals surface area contributed by atoms with Crippen LogP contribution in [0.2, 0.25) is 0 Å². The number of nitrogens with zero attached hydrogens (tertiary/aromatic N) is 4. The number of oxime groups is 1. The third kappa shape index (κ3) is 2.74. The smallest absolute Gasteiger partial charge is 0.128 e. The Labute approximate surface area is 101 Å². The molecule has 5 heteroatoms. The van der Waals surface area contributed by atoms with E-state index in [9.17, 15) is 0 Å². The number of pyridine rings is 1. The number of anilines is 1. The van der Waals surface area contributed by atoms with Crippen LogP contribution in [0.15, 0.2) is 17.3 Å². The molecule has 1 aliphatic heterocycles. The van der Waals surface area contributed by atoms with Crippen LogP contribution in [0, 0.1) is 6.92 Å². The molecule has 1 N–H and O–H groups in total. The van der Waals surface area contributed by atoms with Crippen molar-refractivity contribution in [2.45, 2.75) is 6.92 Å². The van der Waals surface area contributed by atoms with Gasteiger partial charge in [0.05, 0.1) is 6.21 Å². The molecule has 0 spiro atoms. The molecule has 1 saturated heterocycles. The van der Waals surface area contributed by atoms with Crippen molar-refractivity contribution in [3.05, 3.63) is 23.4 Å². The van der Waals surface area contributed by atoms with Crippen molar-refractivity contribution in [1.82, 2.24) is 9.88 Å². The Morgan fingerprint density at radius 1 is 1.29 bits per heavy atom. The number of rotatable bonds is 2. The maximum absolute atomic E-state index is 8.52. The van der Waals surface area contributed by atoms with E-state index in [4.69, 9.17) is 5.21 Å². The lowest BCUT2D eigenvalue weighted by atomic mass is 10.2. The first-order valence-electron chi connectivity index (χ1n) is 5.79. The monoisotopic (exact) mass is 234 g/mol. The highest BCUT2D eigenvalue weighted by Gasteiger charge is 2.15. The molecule has 0 atom stereocenters. The molecule has 1 fully saturated rings. The minimum atomic E-state index is 0.852. The van der Waals surface area contributed by atoms with E-state index in [1.807, 2.05) is 19.1 Å². The topological polar surface area (TPSA) is 52.0 Å². The second-order valence-electron chi connectivity index (χ2n) is 4.38. The van der Waals surface area contributed by atoms with E-state index >= 15 is 0 Å². The van der Waals surface area contributed by atoms with E-state index in [1.165, 1.54) is 6.21 Å². The summed E-state index contributed by atoms with van der Waals surface area (Å²) in [6.07, 6.45) is 1.41. The quantitative estimate of drug-likeness (QED) is 0.470. The predicted molar refractivity (Wildman–Crippen MR) is 68.1 cm³/mol. The fourth-order valence-corrected chi connectivity index (χ4v) is 1.97. The average Bonchev–Trinajstić information content (AvgIpc) is 2.33. The van der Waals surface area contributed by atoms with Crippen molar-refractivity contribution in [1.29, 1.82) is 0 Å². The van der Waals surface area contributed by atoms with Gasteiger partial charge in [0.1, 0.15) is 5.82 Å². The molecule has 5 nitrogen and oxygen atoms in total. The van der Waals surface area contributed by atoms with Crippen molar-refractivity contribution in [3.8, 4) is 0 Å². The molecule has 1 aromatic heterocycles. The SMILES string of the molecule is Cc1nc(N2CCN(C)CC2)ccc1/C=N\O. The van der Waals surface area contributed by atoms with Crippen molar-refractivity contribution in [2.75, 3.05) is 38.1 Å². The van der Waals surface area contributed by atoms with Gasteiger partial charge in [-0.25, -0.2) is 4.98 Å². The van der Waals surface area contributed by atoms with Crippen molar-refractivity contribution < 1.29 is 5.21 Å². The van der Waals surface area contributed by atoms with E-state index in [-0.39, 0.29) is 0 Å². The summed E-state index contributed by atoms with van der Waals surface area (Å²) in [6, 6.07) is 3.92. The minimum Gasteiger partial charge on any atom is -0.411 e.